The SMILES string of the molecule is CCOC(=O)C1=C(CN2CCN(C(=O)c3ccccc3)CC2)N(C)C(=O)NC1c1cc(C)ccc1C. The van der Waals surface area contributed by atoms with E-state index >= 15 is 0 Å². The van der Waals surface area contributed by atoms with Gasteiger partial charge in [0.1, 0.15) is 0 Å². The summed E-state index contributed by atoms with van der Waals surface area (Å²) in [6.45, 7) is 8.83. The first kappa shape index (κ1) is 25.4. The Bertz CT molecular complexity index is 1170. The highest BCUT2D eigenvalue weighted by atomic mass is 16.5. The zero-order valence-corrected chi connectivity index (χ0v) is 21.4. The van der Waals surface area contributed by atoms with Crippen molar-refractivity contribution in [2.75, 3.05) is 46.4 Å². The number of hydrogen-bond donors (Lipinski definition) is 1. The number of rotatable bonds is 6. The van der Waals surface area contributed by atoms with Gasteiger partial charge in [0.2, 0.25) is 0 Å². The van der Waals surface area contributed by atoms with Crippen molar-refractivity contribution in [2.45, 2.75) is 26.8 Å². The lowest BCUT2D eigenvalue weighted by atomic mass is 9.90. The molecule has 3 amide bonds. The summed E-state index contributed by atoms with van der Waals surface area (Å²) in [5, 5.41) is 3.00. The van der Waals surface area contributed by atoms with Crippen molar-refractivity contribution < 1.29 is 19.1 Å². The number of ether oxygens (including phenoxy) is 1. The third kappa shape index (κ3) is 5.28. The molecule has 2 aliphatic heterocycles. The minimum Gasteiger partial charge on any atom is -0.463 e. The molecule has 36 heavy (non-hydrogen) atoms. The van der Waals surface area contributed by atoms with E-state index in [0.717, 1.165) is 16.7 Å². The summed E-state index contributed by atoms with van der Waals surface area (Å²) in [5.74, 6) is -0.408. The van der Waals surface area contributed by atoms with Crippen molar-refractivity contribution in [3.63, 3.8) is 0 Å². The lowest BCUT2D eigenvalue weighted by molar-refractivity contribution is -0.139. The Morgan fingerprint density at radius 1 is 1.03 bits per heavy atom. The zero-order chi connectivity index (χ0) is 25.8. The summed E-state index contributed by atoms with van der Waals surface area (Å²) in [4.78, 5) is 44.6. The lowest BCUT2D eigenvalue weighted by Gasteiger charge is -2.39. The number of carbonyl (C=O) groups excluding carboxylic acids is 3. The number of benzene rings is 2. The van der Waals surface area contributed by atoms with Crippen LogP contribution in [0.1, 0.15) is 40.0 Å². The predicted octanol–water partition coefficient (Wildman–Crippen LogP) is 3.27. The number of carbonyl (C=O) groups is 3. The van der Waals surface area contributed by atoms with E-state index in [1.54, 1.807) is 14.0 Å². The largest absolute Gasteiger partial charge is 0.463 e. The fraction of sp³-hybridized carbons (Fsp3) is 0.393. The Morgan fingerprint density at radius 3 is 2.39 bits per heavy atom. The maximum Gasteiger partial charge on any atom is 0.338 e. The van der Waals surface area contributed by atoms with Crippen LogP contribution >= 0.6 is 0 Å². The molecule has 0 radical (unpaired) electrons. The third-order valence-corrected chi connectivity index (χ3v) is 6.87. The second-order valence-corrected chi connectivity index (χ2v) is 9.32. The van der Waals surface area contributed by atoms with Crippen LogP contribution in [0.4, 0.5) is 4.79 Å². The highest BCUT2D eigenvalue weighted by Gasteiger charge is 2.38. The first-order chi connectivity index (χ1) is 17.3. The molecule has 2 aromatic rings. The van der Waals surface area contributed by atoms with Gasteiger partial charge in [-0.3, -0.25) is 14.6 Å². The minimum atomic E-state index is -0.594. The molecule has 0 saturated carbocycles. The molecule has 1 fully saturated rings. The summed E-state index contributed by atoms with van der Waals surface area (Å²) in [6, 6.07) is 14.4. The number of hydrogen-bond acceptors (Lipinski definition) is 5. The van der Waals surface area contributed by atoms with Crippen LogP contribution in [0.5, 0.6) is 0 Å². The van der Waals surface area contributed by atoms with E-state index in [1.165, 1.54) is 4.90 Å². The fourth-order valence-electron chi connectivity index (χ4n) is 4.79. The Kier molecular flexibility index (Phi) is 7.74. The Balaban J connectivity index is 1.60. The van der Waals surface area contributed by atoms with Crippen molar-refractivity contribution in [3.05, 3.63) is 82.1 Å². The number of likely N-dealkylation sites (N-methyl/N-ethyl adjacent to an activating group) is 1. The van der Waals surface area contributed by atoms with Gasteiger partial charge in [0, 0.05) is 51.0 Å². The topological polar surface area (TPSA) is 82.2 Å². The molecule has 1 unspecified atom stereocenters. The highest BCUT2D eigenvalue weighted by molar-refractivity contribution is 5.95. The highest BCUT2D eigenvalue weighted by Crippen LogP contribution is 2.33. The minimum absolute atomic E-state index is 0.0193. The van der Waals surface area contributed by atoms with Gasteiger partial charge in [-0.1, -0.05) is 42.0 Å². The summed E-state index contributed by atoms with van der Waals surface area (Å²) >= 11 is 0. The molecule has 4 rings (SSSR count). The van der Waals surface area contributed by atoms with E-state index < -0.39 is 12.0 Å². The maximum absolute atomic E-state index is 13.3. The van der Waals surface area contributed by atoms with E-state index in [9.17, 15) is 14.4 Å². The molecule has 1 N–H and O–H groups in total. The molecule has 0 spiro atoms. The first-order valence-corrected chi connectivity index (χ1v) is 12.4. The van der Waals surface area contributed by atoms with Gasteiger partial charge in [0.15, 0.2) is 0 Å². The van der Waals surface area contributed by atoms with Gasteiger partial charge in [0.25, 0.3) is 5.91 Å². The number of esters is 1. The Labute approximate surface area is 212 Å². The van der Waals surface area contributed by atoms with Crippen molar-refractivity contribution in [1.82, 2.24) is 20.0 Å². The normalized spacial score (nSPS) is 18.8. The molecule has 2 aliphatic rings. The molecule has 2 heterocycles. The van der Waals surface area contributed by atoms with Gasteiger partial charge >= 0.3 is 12.0 Å². The van der Waals surface area contributed by atoms with E-state index in [0.29, 0.717) is 49.6 Å². The van der Waals surface area contributed by atoms with Crippen LogP contribution in [0.25, 0.3) is 0 Å². The summed E-state index contributed by atoms with van der Waals surface area (Å²) < 4.78 is 5.46. The van der Waals surface area contributed by atoms with Crippen LogP contribution in [0.15, 0.2) is 59.8 Å². The number of nitrogens with one attached hydrogen (secondary N) is 1. The van der Waals surface area contributed by atoms with Gasteiger partial charge in [-0.2, -0.15) is 0 Å². The molecule has 8 heteroatoms. The van der Waals surface area contributed by atoms with E-state index in [-0.39, 0.29) is 18.5 Å². The summed E-state index contributed by atoms with van der Waals surface area (Å²) in [6.07, 6.45) is 0. The van der Waals surface area contributed by atoms with Crippen molar-refractivity contribution in [2.24, 2.45) is 0 Å². The Morgan fingerprint density at radius 2 is 1.72 bits per heavy atom. The van der Waals surface area contributed by atoms with Gasteiger partial charge in [0.05, 0.1) is 18.2 Å². The van der Waals surface area contributed by atoms with Crippen LogP contribution < -0.4 is 5.32 Å². The van der Waals surface area contributed by atoms with E-state index in [1.807, 2.05) is 67.3 Å². The quantitative estimate of drug-likeness (QED) is 0.629. The smallest absolute Gasteiger partial charge is 0.338 e. The molecule has 0 aliphatic carbocycles. The average Bonchev–Trinajstić information content (AvgIpc) is 2.88. The van der Waals surface area contributed by atoms with Crippen LogP contribution in [-0.2, 0) is 9.53 Å². The molecular formula is C28H34N4O4. The predicted molar refractivity (Wildman–Crippen MR) is 137 cm³/mol. The number of urea groups is 1. The zero-order valence-electron chi connectivity index (χ0n) is 21.4. The van der Waals surface area contributed by atoms with Gasteiger partial charge in [-0.05, 0) is 44.0 Å². The van der Waals surface area contributed by atoms with Crippen LogP contribution in [0.2, 0.25) is 0 Å². The van der Waals surface area contributed by atoms with E-state index in [4.69, 9.17) is 4.74 Å². The van der Waals surface area contributed by atoms with Crippen LogP contribution in [0.3, 0.4) is 0 Å². The van der Waals surface area contributed by atoms with Crippen molar-refractivity contribution in [3.8, 4) is 0 Å². The van der Waals surface area contributed by atoms with E-state index in [2.05, 4.69) is 10.2 Å². The number of piperazine rings is 1. The second-order valence-electron chi connectivity index (χ2n) is 9.32. The monoisotopic (exact) mass is 490 g/mol. The Hall–Kier alpha value is -3.65. The molecular weight excluding hydrogens is 456 g/mol. The first-order valence-electron chi connectivity index (χ1n) is 12.4. The number of aryl methyl sites for hydroxylation is 2. The van der Waals surface area contributed by atoms with Gasteiger partial charge < -0.3 is 15.0 Å². The lowest BCUT2D eigenvalue weighted by Crippen LogP contribution is -2.53. The molecule has 0 bridgehead atoms. The molecule has 1 saturated heterocycles. The standard InChI is InChI=1S/C28H34N4O4/c1-5-36-27(34)24-23(30(4)28(35)29-25(24)22-17-19(2)11-12-20(22)3)18-31-13-15-32(16-14-31)26(33)21-9-7-6-8-10-21/h6-12,17,25H,5,13-16,18H2,1-4H3,(H,29,35). The molecule has 8 nitrogen and oxygen atoms in total. The van der Waals surface area contributed by atoms with Crippen LogP contribution in [0, 0.1) is 13.8 Å². The number of amides is 3. The van der Waals surface area contributed by atoms with Crippen LogP contribution in [-0.4, -0.2) is 79.0 Å². The van der Waals surface area contributed by atoms with Gasteiger partial charge in [-0.15, -0.1) is 0 Å². The third-order valence-electron chi connectivity index (χ3n) is 6.87. The number of nitrogens with zero attached hydrogens (tertiary/aromatic N) is 3. The van der Waals surface area contributed by atoms with Crippen molar-refractivity contribution in [1.29, 1.82) is 0 Å². The fourth-order valence-corrected chi connectivity index (χ4v) is 4.79. The maximum atomic E-state index is 13.3. The van der Waals surface area contributed by atoms with Crippen molar-refractivity contribution >= 4 is 17.9 Å². The summed E-state index contributed by atoms with van der Waals surface area (Å²) in [7, 11) is 1.68. The molecule has 1 atom stereocenters. The van der Waals surface area contributed by atoms with Gasteiger partial charge in [-0.25, -0.2) is 9.59 Å². The molecule has 190 valence electrons. The molecule has 2 aromatic carbocycles. The average molecular weight is 491 g/mol. The molecule has 0 aromatic heterocycles. The summed E-state index contributed by atoms with van der Waals surface area (Å²) in [5.41, 5.74) is 4.69. The second kappa shape index (κ2) is 11.0.